The van der Waals surface area contributed by atoms with Crippen LogP contribution in [0.3, 0.4) is 0 Å². The van der Waals surface area contributed by atoms with E-state index in [1.54, 1.807) is 6.20 Å². The molecule has 5 heteroatoms. The van der Waals surface area contributed by atoms with Gasteiger partial charge in [0.25, 0.3) is 0 Å². The van der Waals surface area contributed by atoms with Gasteiger partial charge in [-0.05, 0) is 31.0 Å². The van der Waals surface area contributed by atoms with Gasteiger partial charge in [-0.2, -0.15) is 0 Å². The highest BCUT2D eigenvalue weighted by atomic mass is 15.1. The van der Waals surface area contributed by atoms with Crippen LogP contribution in [0.4, 0.5) is 0 Å². The predicted molar refractivity (Wildman–Crippen MR) is 83.1 cm³/mol. The molecule has 4 aromatic rings. The van der Waals surface area contributed by atoms with Crippen molar-refractivity contribution < 1.29 is 0 Å². The number of aryl methyl sites for hydroxylation is 2. The van der Waals surface area contributed by atoms with E-state index in [1.165, 1.54) is 5.56 Å². The van der Waals surface area contributed by atoms with Gasteiger partial charge in [-0.25, -0.2) is 9.97 Å². The maximum atomic E-state index is 4.66. The number of nitrogens with one attached hydrogen (secondary N) is 2. The number of H-pyrrole nitrogens is 2. The van der Waals surface area contributed by atoms with Crippen molar-refractivity contribution in [3.05, 3.63) is 42.0 Å². The molecule has 4 rings (SSSR count). The van der Waals surface area contributed by atoms with Gasteiger partial charge < -0.3 is 0 Å². The van der Waals surface area contributed by atoms with Crippen LogP contribution in [-0.4, -0.2) is 25.1 Å². The fraction of sp³-hybridized carbons (Fsp3) is 0.188. The van der Waals surface area contributed by atoms with Crippen LogP contribution in [0.1, 0.15) is 18.2 Å². The summed E-state index contributed by atoms with van der Waals surface area (Å²) < 4.78 is 0. The average Bonchev–Trinajstić information content (AvgIpc) is 3.11. The molecule has 4 heterocycles. The Kier molecular flexibility index (Phi) is 2.54. The number of hydrogen-bond donors (Lipinski definition) is 2. The lowest BCUT2D eigenvalue weighted by Gasteiger charge is -2.02. The first-order valence-electron chi connectivity index (χ1n) is 7.04. The standard InChI is InChI=1S/C16H15N5/c1-3-10-8-18-16-13(10)15-12(9(2)19-16)14(20-21-15)11-5-4-6-17-7-11/h4-8,20-21H,3H2,1-2H3. The van der Waals surface area contributed by atoms with E-state index in [0.717, 1.165) is 45.3 Å². The minimum absolute atomic E-state index is 0.810. The smallest absolute Gasteiger partial charge is 0.161 e. The Morgan fingerprint density at radius 2 is 2.05 bits per heavy atom. The second-order valence-corrected chi connectivity index (χ2v) is 5.15. The zero-order valence-corrected chi connectivity index (χ0v) is 11.9. The van der Waals surface area contributed by atoms with Crippen LogP contribution in [0, 0.1) is 6.92 Å². The maximum Gasteiger partial charge on any atom is 0.161 e. The fourth-order valence-electron chi connectivity index (χ4n) is 2.90. The summed E-state index contributed by atoms with van der Waals surface area (Å²) in [5.41, 5.74) is 6.14. The molecule has 5 nitrogen and oxygen atoms in total. The van der Waals surface area contributed by atoms with E-state index < -0.39 is 0 Å². The van der Waals surface area contributed by atoms with Gasteiger partial charge in [0.05, 0.1) is 16.9 Å². The second-order valence-electron chi connectivity index (χ2n) is 5.15. The molecule has 0 radical (unpaired) electrons. The number of nitrogens with zero attached hydrogens (tertiary/aromatic N) is 3. The average molecular weight is 277 g/mol. The van der Waals surface area contributed by atoms with Crippen molar-refractivity contribution in [1.29, 1.82) is 0 Å². The van der Waals surface area contributed by atoms with E-state index in [2.05, 4.69) is 32.1 Å². The summed E-state index contributed by atoms with van der Waals surface area (Å²) in [6, 6.07) is 3.98. The molecule has 0 fully saturated rings. The lowest BCUT2D eigenvalue weighted by molar-refractivity contribution is 1.12. The maximum absolute atomic E-state index is 4.66. The number of aromatic amines is 2. The van der Waals surface area contributed by atoms with Crippen LogP contribution < -0.4 is 0 Å². The molecule has 0 aromatic carbocycles. The van der Waals surface area contributed by atoms with E-state index in [0.29, 0.717) is 0 Å². The van der Waals surface area contributed by atoms with Crippen LogP contribution >= 0.6 is 0 Å². The predicted octanol–water partition coefficient (Wildman–Crippen LogP) is 3.37. The Morgan fingerprint density at radius 1 is 1.14 bits per heavy atom. The Morgan fingerprint density at radius 3 is 2.81 bits per heavy atom. The summed E-state index contributed by atoms with van der Waals surface area (Å²) in [4.78, 5) is 13.3. The third-order valence-electron chi connectivity index (χ3n) is 3.92. The molecule has 0 saturated carbocycles. The zero-order valence-electron chi connectivity index (χ0n) is 11.9. The summed E-state index contributed by atoms with van der Waals surface area (Å²) >= 11 is 0. The van der Waals surface area contributed by atoms with Crippen molar-refractivity contribution in [1.82, 2.24) is 25.1 Å². The fourth-order valence-corrected chi connectivity index (χ4v) is 2.90. The van der Waals surface area contributed by atoms with Crippen molar-refractivity contribution in [2.75, 3.05) is 0 Å². The first-order valence-corrected chi connectivity index (χ1v) is 7.04. The normalized spacial score (nSPS) is 11.5. The quantitative estimate of drug-likeness (QED) is 0.590. The minimum atomic E-state index is 0.810. The monoisotopic (exact) mass is 277 g/mol. The number of pyridine rings is 2. The third kappa shape index (κ3) is 1.67. The molecule has 21 heavy (non-hydrogen) atoms. The molecule has 0 amide bonds. The summed E-state index contributed by atoms with van der Waals surface area (Å²) in [7, 11) is 0. The van der Waals surface area contributed by atoms with Crippen LogP contribution in [0.2, 0.25) is 0 Å². The third-order valence-corrected chi connectivity index (χ3v) is 3.92. The Bertz CT molecular complexity index is 934. The van der Waals surface area contributed by atoms with Gasteiger partial charge in [0, 0.05) is 34.9 Å². The van der Waals surface area contributed by atoms with Crippen LogP contribution in [0.25, 0.3) is 33.2 Å². The van der Waals surface area contributed by atoms with Gasteiger partial charge in [-0.15, -0.1) is 0 Å². The van der Waals surface area contributed by atoms with Crippen molar-refractivity contribution in [2.45, 2.75) is 20.3 Å². The highest BCUT2D eigenvalue weighted by Gasteiger charge is 2.16. The molecule has 0 aliphatic rings. The van der Waals surface area contributed by atoms with E-state index in [4.69, 9.17) is 0 Å². The SMILES string of the molecule is CCc1cnc2nc(C)c3c(-c4cccnc4)[nH][nH]c3c12. The van der Waals surface area contributed by atoms with Crippen molar-refractivity contribution in [3.63, 3.8) is 0 Å². The van der Waals surface area contributed by atoms with Gasteiger partial charge in [0.2, 0.25) is 0 Å². The Balaban J connectivity index is 2.13. The summed E-state index contributed by atoms with van der Waals surface area (Å²) in [5.74, 6) is 0. The van der Waals surface area contributed by atoms with Crippen LogP contribution in [0.5, 0.6) is 0 Å². The zero-order chi connectivity index (χ0) is 14.4. The van der Waals surface area contributed by atoms with Crippen molar-refractivity contribution in [3.8, 4) is 11.3 Å². The molecule has 4 aromatic heterocycles. The van der Waals surface area contributed by atoms with Gasteiger partial charge in [-0.3, -0.25) is 15.2 Å². The van der Waals surface area contributed by atoms with Crippen LogP contribution in [0.15, 0.2) is 30.7 Å². The highest BCUT2D eigenvalue weighted by molar-refractivity contribution is 6.09. The summed E-state index contributed by atoms with van der Waals surface area (Å²) in [5, 5.41) is 8.79. The van der Waals surface area contributed by atoms with Gasteiger partial charge in [0.1, 0.15) is 0 Å². The van der Waals surface area contributed by atoms with Crippen LogP contribution in [-0.2, 0) is 6.42 Å². The topological polar surface area (TPSA) is 70.2 Å². The largest absolute Gasteiger partial charge is 0.299 e. The molecular weight excluding hydrogens is 262 g/mol. The van der Waals surface area contributed by atoms with E-state index in [1.807, 2.05) is 31.5 Å². The first kappa shape index (κ1) is 12.1. The van der Waals surface area contributed by atoms with Gasteiger partial charge >= 0.3 is 0 Å². The summed E-state index contributed by atoms with van der Waals surface area (Å²) in [6.07, 6.45) is 6.49. The number of fused-ring (bicyclic) bond motifs is 3. The minimum Gasteiger partial charge on any atom is -0.299 e. The van der Waals surface area contributed by atoms with E-state index >= 15 is 0 Å². The first-order chi connectivity index (χ1) is 10.3. The Hall–Kier alpha value is -2.69. The molecule has 0 atom stereocenters. The van der Waals surface area contributed by atoms with Crippen molar-refractivity contribution in [2.24, 2.45) is 0 Å². The van der Waals surface area contributed by atoms with E-state index in [-0.39, 0.29) is 0 Å². The lowest BCUT2D eigenvalue weighted by Crippen LogP contribution is -1.88. The number of rotatable bonds is 2. The van der Waals surface area contributed by atoms with Crippen molar-refractivity contribution >= 4 is 21.9 Å². The molecule has 0 aliphatic heterocycles. The molecule has 0 bridgehead atoms. The number of aromatic nitrogens is 5. The highest BCUT2D eigenvalue weighted by Crippen LogP contribution is 2.33. The molecular formula is C16H15N5. The second kappa shape index (κ2) is 4.41. The molecule has 104 valence electrons. The molecule has 0 unspecified atom stereocenters. The number of hydrogen-bond acceptors (Lipinski definition) is 3. The lowest BCUT2D eigenvalue weighted by atomic mass is 10.1. The van der Waals surface area contributed by atoms with Gasteiger partial charge in [0.15, 0.2) is 5.65 Å². The Labute approximate surface area is 121 Å². The summed E-state index contributed by atoms with van der Waals surface area (Å²) in [6.45, 7) is 4.15. The van der Waals surface area contributed by atoms with Gasteiger partial charge in [-0.1, -0.05) is 6.92 Å². The molecule has 2 N–H and O–H groups in total. The molecule has 0 aliphatic carbocycles. The van der Waals surface area contributed by atoms with E-state index in [9.17, 15) is 0 Å². The molecule has 0 spiro atoms. The molecule has 0 saturated heterocycles.